The predicted molar refractivity (Wildman–Crippen MR) is 79.3 cm³/mol. The Morgan fingerprint density at radius 3 is 2.47 bits per heavy atom. The molecule has 3 rings (SSSR count). The Kier molecular flexibility index (Phi) is 3.16. The molecule has 0 amide bonds. The molecule has 1 aliphatic carbocycles. The molecule has 0 spiro atoms. The summed E-state index contributed by atoms with van der Waals surface area (Å²) in [6, 6.07) is 10.9. The smallest absolute Gasteiger partial charge is 0.0682 e. The van der Waals surface area contributed by atoms with E-state index in [4.69, 9.17) is 0 Å². The van der Waals surface area contributed by atoms with E-state index in [2.05, 4.69) is 44.2 Å². The van der Waals surface area contributed by atoms with Gasteiger partial charge in [0, 0.05) is 0 Å². The summed E-state index contributed by atoms with van der Waals surface area (Å²) in [6.07, 6.45) is 3.70. The molecule has 2 aromatic rings. The van der Waals surface area contributed by atoms with Gasteiger partial charge in [0.05, 0.1) is 6.61 Å². The van der Waals surface area contributed by atoms with Gasteiger partial charge in [-0.25, -0.2) is 0 Å². The molecule has 1 heteroatoms. The molecule has 1 nitrogen and oxygen atoms in total. The molecule has 0 atom stereocenters. The second-order valence-electron chi connectivity index (χ2n) is 5.56. The summed E-state index contributed by atoms with van der Waals surface area (Å²) in [5.74, 6) is 0. The molecule has 0 radical (unpaired) electrons. The van der Waals surface area contributed by atoms with E-state index >= 15 is 0 Å². The highest BCUT2D eigenvalue weighted by Crippen LogP contribution is 2.36. The van der Waals surface area contributed by atoms with Gasteiger partial charge >= 0.3 is 0 Å². The standard InChI is InChI=1S/C18H20O/c1-12-9-14(11-19)10-13(2)18(12)17-8-4-6-15-5-3-7-16(15)17/h4,6,8-10,19H,3,5,7,11H2,1-2H3. The largest absolute Gasteiger partial charge is 0.392 e. The van der Waals surface area contributed by atoms with Gasteiger partial charge < -0.3 is 5.11 Å². The van der Waals surface area contributed by atoms with Gasteiger partial charge in [0.25, 0.3) is 0 Å². The summed E-state index contributed by atoms with van der Waals surface area (Å²) in [4.78, 5) is 0. The molecule has 1 N–H and O–H groups in total. The Hall–Kier alpha value is -1.60. The van der Waals surface area contributed by atoms with Crippen LogP contribution in [0.4, 0.5) is 0 Å². The fraction of sp³-hybridized carbons (Fsp3) is 0.333. The van der Waals surface area contributed by atoms with Crippen molar-refractivity contribution in [2.24, 2.45) is 0 Å². The number of fused-ring (bicyclic) bond motifs is 1. The summed E-state index contributed by atoms with van der Waals surface area (Å²) in [5.41, 5.74) is 9.35. The zero-order valence-corrected chi connectivity index (χ0v) is 11.7. The number of hydrogen-bond acceptors (Lipinski definition) is 1. The van der Waals surface area contributed by atoms with Crippen LogP contribution in [0.3, 0.4) is 0 Å². The fourth-order valence-corrected chi connectivity index (χ4v) is 3.42. The third-order valence-corrected chi connectivity index (χ3v) is 4.19. The van der Waals surface area contributed by atoms with Crippen LogP contribution in [0.2, 0.25) is 0 Å². The van der Waals surface area contributed by atoms with E-state index in [9.17, 15) is 5.11 Å². The SMILES string of the molecule is Cc1cc(CO)cc(C)c1-c1cccc2c1CCC2. The molecule has 19 heavy (non-hydrogen) atoms. The van der Waals surface area contributed by atoms with Crippen LogP contribution in [-0.4, -0.2) is 5.11 Å². The number of rotatable bonds is 2. The maximum atomic E-state index is 9.30. The first-order chi connectivity index (χ1) is 9.20. The zero-order chi connectivity index (χ0) is 13.4. The van der Waals surface area contributed by atoms with Crippen LogP contribution >= 0.6 is 0 Å². The summed E-state index contributed by atoms with van der Waals surface area (Å²) in [6.45, 7) is 4.42. The predicted octanol–water partition coefficient (Wildman–Crippen LogP) is 3.95. The van der Waals surface area contributed by atoms with Crippen LogP contribution in [0.1, 0.15) is 34.2 Å². The van der Waals surface area contributed by atoms with Gasteiger partial charge in [0.1, 0.15) is 0 Å². The lowest BCUT2D eigenvalue weighted by Gasteiger charge is -2.15. The third-order valence-electron chi connectivity index (χ3n) is 4.19. The summed E-state index contributed by atoms with van der Waals surface area (Å²) >= 11 is 0. The van der Waals surface area contributed by atoms with Crippen molar-refractivity contribution in [3.63, 3.8) is 0 Å². The molecule has 0 saturated carbocycles. The topological polar surface area (TPSA) is 20.2 Å². The van der Waals surface area contributed by atoms with E-state index in [0.717, 1.165) is 5.56 Å². The van der Waals surface area contributed by atoms with E-state index in [1.807, 2.05) is 0 Å². The minimum absolute atomic E-state index is 0.120. The Bertz CT molecular complexity index is 603. The highest BCUT2D eigenvalue weighted by molar-refractivity contribution is 5.75. The molecule has 2 aromatic carbocycles. The highest BCUT2D eigenvalue weighted by Gasteiger charge is 2.17. The molecule has 0 aromatic heterocycles. The van der Waals surface area contributed by atoms with Crippen molar-refractivity contribution in [1.82, 2.24) is 0 Å². The van der Waals surface area contributed by atoms with Crippen LogP contribution in [0.15, 0.2) is 30.3 Å². The molecular weight excluding hydrogens is 232 g/mol. The molecule has 0 bridgehead atoms. The van der Waals surface area contributed by atoms with Gasteiger partial charge in [-0.05, 0) is 72.1 Å². The molecule has 0 fully saturated rings. The molecule has 0 saturated heterocycles. The van der Waals surface area contributed by atoms with Crippen LogP contribution in [-0.2, 0) is 19.4 Å². The van der Waals surface area contributed by atoms with Gasteiger partial charge in [-0.1, -0.05) is 30.3 Å². The van der Waals surface area contributed by atoms with Crippen LogP contribution in [0.5, 0.6) is 0 Å². The fourth-order valence-electron chi connectivity index (χ4n) is 3.42. The second kappa shape index (κ2) is 4.82. The van der Waals surface area contributed by atoms with Crippen LogP contribution < -0.4 is 0 Å². The summed E-state index contributed by atoms with van der Waals surface area (Å²) in [7, 11) is 0. The number of benzene rings is 2. The third kappa shape index (κ3) is 2.08. The monoisotopic (exact) mass is 252 g/mol. The summed E-state index contributed by atoms with van der Waals surface area (Å²) < 4.78 is 0. The quantitative estimate of drug-likeness (QED) is 0.858. The van der Waals surface area contributed by atoms with Gasteiger partial charge in [-0.2, -0.15) is 0 Å². The van der Waals surface area contributed by atoms with Crippen molar-refractivity contribution < 1.29 is 5.11 Å². The minimum atomic E-state index is 0.120. The Labute approximate surface area is 114 Å². The van der Waals surface area contributed by atoms with E-state index < -0.39 is 0 Å². The number of hydrogen-bond donors (Lipinski definition) is 1. The lowest BCUT2D eigenvalue weighted by atomic mass is 9.89. The average Bonchev–Trinajstić information content (AvgIpc) is 2.86. The van der Waals surface area contributed by atoms with Crippen LogP contribution in [0.25, 0.3) is 11.1 Å². The lowest BCUT2D eigenvalue weighted by Crippen LogP contribution is -1.96. The van der Waals surface area contributed by atoms with Gasteiger partial charge in [-0.3, -0.25) is 0 Å². The highest BCUT2D eigenvalue weighted by atomic mass is 16.3. The van der Waals surface area contributed by atoms with Crippen LogP contribution in [0, 0.1) is 13.8 Å². The Balaban J connectivity index is 2.21. The van der Waals surface area contributed by atoms with Gasteiger partial charge in [-0.15, -0.1) is 0 Å². The Morgan fingerprint density at radius 2 is 1.79 bits per heavy atom. The van der Waals surface area contributed by atoms with Gasteiger partial charge in [0.15, 0.2) is 0 Å². The lowest BCUT2D eigenvalue weighted by molar-refractivity contribution is 0.281. The molecule has 98 valence electrons. The normalized spacial score (nSPS) is 13.6. The van der Waals surface area contributed by atoms with E-state index in [1.54, 1.807) is 0 Å². The van der Waals surface area contributed by atoms with Crippen molar-refractivity contribution >= 4 is 0 Å². The van der Waals surface area contributed by atoms with E-state index in [1.165, 1.54) is 52.6 Å². The maximum Gasteiger partial charge on any atom is 0.0682 e. The first-order valence-corrected chi connectivity index (χ1v) is 7.03. The maximum absolute atomic E-state index is 9.30. The number of aliphatic hydroxyl groups is 1. The van der Waals surface area contributed by atoms with Crippen molar-refractivity contribution in [2.75, 3.05) is 0 Å². The van der Waals surface area contributed by atoms with Gasteiger partial charge in [0.2, 0.25) is 0 Å². The first kappa shape index (κ1) is 12.4. The first-order valence-electron chi connectivity index (χ1n) is 7.03. The second-order valence-corrected chi connectivity index (χ2v) is 5.56. The number of aryl methyl sites for hydroxylation is 3. The molecule has 0 unspecified atom stereocenters. The molecule has 0 heterocycles. The molecule has 1 aliphatic rings. The van der Waals surface area contributed by atoms with Crippen molar-refractivity contribution in [3.8, 4) is 11.1 Å². The average molecular weight is 252 g/mol. The Morgan fingerprint density at radius 1 is 1.05 bits per heavy atom. The summed E-state index contributed by atoms with van der Waals surface area (Å²) in [5, 5.41) is 9.30. The molecule has 0 aliphatic heterocycles. The van der Waals surface area contributed by atoms with E-state index in [-0.39, 0.29) is 6.61 Å². The van der Waals surface area contributed by atoms with Crippen molar-refractivity contribution in [1.29, 1.82) is 0 Å². The molecular formula is C18H20O. The number of aliphatic hydroxyl groups excluding tert-OH is 1. The zero-order valence-electron chi connectivity index (χ0n) is 11.7. The van der Waals surface area contributed by atoms with E-state index in [0.29, 0.717) is 0 Å². The minimum Gasteiger partial charge on any atom is -0.392 e. The van der Waals surface area contributed by atoms with Crippen molar-refractivity contribution in [3.05, 3.63) is 58.1 Å². The van der Waals surface area contributed by atoms with Crippen molar-refractivity contribution in [2.45, 2.75) is 39.7 Å².